The van der Waals surface area contributed by atoms with Crippen LogP contribution in [0.2, 0.25) is 0 Å². The normalized spacial score (nSPS) is 14.5. The second kappa shape index (κ2) is 9.43. The first-order valence-corrected chi connectivity index (χ1v) is 8.58. The molecular weight excluding hydrogens is 254 g/mol. The summed E-state index contributed by atoms with van der Waals surface area (Å²) >= 11 is 1.57. The van der Waals surface area contributed by atoms with Crippen molar-refractivity contribution >= 4 is 11.5 Å². The van der Waals surface area contributed by atoms with E-state index in [9.17, 15) is 0 Å². The van der Waals surface area contributed by atoms with Gasteiger partial charge < -0.3 is 5.32 Å². The fraction of sp³-hybridized carbons (Fsp3) is 0.867. The number of unbranched alkanes of at least 4 members (excludes halogenated alkanes) is 1. The van der Waals surface area contributed by atoms with Gasteiger partial charge in [-0.3, -0.25) is 0 Å². The van der Waals surface area contributed by atoms with Crippen LogP contribution in [0.3, 0.4) is 0 Å². The molecule has 1 aromatic heterocycles. The molecule has 0 bridgehead atoms. The van der Waals surface area contributed by atoms with Crippen LogP contribution in [-0.2, 0) is 6.42 Å². The summed E-state index contributed by atoms with van der Waals surface area (Å²) in [4.78, 5) is 1.36. The quantitative estimate of drug-likeness (QED) is 0.693. The van der Waals surface area contributed by atoms with E-state index < -0.39 is 0 Å². The molecular formula is C15H29N3S. The highest BCUT2D eigenvalue weighted by Gasteiger charge is 2.21. The molecule has 110 valence electrons. The molecule has 1 rings (SSSR count). The number of nitrogens with one attached hydrogen (secondary N) is 1. The van der Waals surface area contributed by atoms with Crippen LogP contribution in [0.25, 0.3) is 0 Å². The SMILES string of the molecule is CCCCC(CC)CC(NCC)c1snnc1CC. The first kappa shape index (κ1) is 16.6. The molecule has 1 aromatic rings. The predicted molar refractivity (Wildman–Crippen MR) is 83.6 cm³/mol. The highest BCUT2D eigenvalue weighted by molar-refractivity contribution is 7.05. The maximum atomic E-state index is 4.26. The van der Waals surface area contributed by atoms with Crippen LogP contribution in [-0.4, -0.2) is 16.1 Å². The fourth-order valence-electron chi connectivity index (χ4n) is 2.57. The summed E-state index contributed by atoms with van der Waals surface area (Å²) in [6, 6.07) is 0.446. The van der Waals surface area contributed by atoms with Crippen molar-refractivity contribution in [1.29, 1.82) is 0 Å². The Morgan fingerprint density at radius 2 is 2.00 bits per heavy atom. The van der Waals surface area contributed by atoms with Crippen molar-refractivity contribution in [1.82, 2.24) is 14.9 Å². The lowest BCUT2D eigenvalue weighted by molar-refractivity contribution is 0.358. The molecule has 0 aromatic carbocycles. The molecule has 0 saturated heterocycles. The van der Waals surface area contributed by atoms with Gasteiger partial charge in [0.1, 0.15) is 0 Å². The Hall–Kier alpha value is -0.480. The van der Waals surface area contributed by atoms with Crippen LogP contribution in [0.1, 0.15) is 76.4 Å². The van der Waals surface area contributed by atoms with Crippen LogP contribution in [0, 0.1) is 5.92 Å². The van der Waals surface area contributed by atoms with Crippen molar-refractivity contribution in [2.75, 3.05) is 6.54 Å². The summed E-state index contributed by atoms with van der Waals surface area (Å²) in [5, 5.41) is 7.89. The van der Waals surface area contributed by atoms with Crippen LogP contribution >= 0.6 is 11.5 Å². The molecule has 0 aliphatic rings. The first-order chi connectivity index (χ1) is 9.26. The Morgan fingerprint density at radius 1 is 1.21 bits per heavy atom. The van der Waals surface area contributed by atoms with Gasteiger partial charge in [0.15, 0.2) is 0 Å². The van der Waals surface area contributed by atoms with Crippen LogP contribution in [0.5, 0.6) is 0 Å². The zero-order chi connectivity index (χ0) is 14.1. The lowest BCUT2D eigenvalue weighted by Crippen LogP contribution is -2.23. The van der Waals surface area contributed by atoms with Crippen LogP contribution < -0.4 is 5.32 Å². The summed E-state index contributed by atoms with van der Waals surface area (Å²) in [5.41, 5.74) is 1.18. The topological polar surface area (TPSA) is 37.8 Å². The number of aryl methyl sites for hydroxylation is 1. The van der Waals surface area contributed by atoms with Gasteiger partial charge in [-0.25, -0.2) is 0 Å². The standard InChI is InChI=1S/C15H29N3S/c1-5-9-10-12(6-2)11-14(16-8-4)15-13(7-3)17-18-19-15/h12,14,16H,5-11H2,1-4H3. The Kier molecular flexibility index (Phi) is 8.22. The molecule has 2 unspecified atom stereocenters. The van der Waals surface area contributed by atoms with Gasteiger partial charge in [0.25, 0.3) is 0 Å². The Morgan fingerprint density at radius 3 is 2.58 bits per heavy atom. The molecule has 0 amide bonds. The van der Waals surface area contributed by atoms with Crippen LogP contribution in [0.4, 0.5) is 0 Å². The Labute approximate surface area is 122 Å². The van der Waals surface area contributed by atoms with E-state index in [0.717, 1.165) is 18.9 Å². The summed E-state index contributed by atoms with van der Waals surface area (Å²) in [7, 11) is 0. The van der Waals surface area contributed by atoms with Crippen molar-refractivity contribution in [3.8, 4) is 0 Å². The average Bonchev–Trinajstić information content (AvgIpc) is 2.90. The zero-order valence-corrected chi connectivity index (χ0v) is 13.7. The second-order valence-corrected chi connectivity index (χ2v) is 5.99. The van der Waals surface area contributed by atoms with E-state index in [0.29, 0.717) is 6.04 Å². The van der Waals surface area contributed by atoms with Gasteiger partial charge in [0.2, 0.25) is 0 Å². The second-order valence-electron chi connectivity index (χ2n) is 5.20. The van der Waals surface area contributed by atoms with Gasteiger partial charge >= 0.3 is 0 Å². The van der Waals surface area contributed by atoms with Gasteiger partial charge in [-0.2, -0.15) is 0 Å². The van der Waals surface area contributed by atoms with Crippen molar-refractivity contribution in [2.24, 2.45) is 5.92 Å². The van der Waals surface area contributed by atoms with Crippen molar-refractivity contribution < 1.29 is 0 Å². The fourth-order valence-corrected chi connectivity index (χ4v) is 3.39. The number of hydrogen-bond donors (Lipinski definition) is 1. The number of nitrogens with zero attached hydrogens (tertiary/aromatic N) is 2. The molecule has 0 aliphatic heterocycles. The van der Waals surface area contributed by atoms with Gasteiger partial charge in [-0.1, -0.05) is 57.9 Å². The highest BCUT2D eigenvalue weighted by atomic mass is 32.1. The van der Waals surface area contributed by atoms with Gasteiger partial charge in [-0.05, 0) is 36.8 Å². The van der Waals surface area contributed by atoms with E-state index in [2.05, 4.69) is 42.6 Å². The maximum Gasteiger partial charge on any atom is 0.0800 e. The van der Waals surface area contributed by atoms with E-state index in [4.69, 9.17) is 0 Å². The molecule has 1 N–H and O–H groups in total. The predicted octanol–water partition coefficient (Wildman–Crippen LogP) is 4.36. The summed E-state index contributed by atoms with van der Waals surface area (Å²) in [6.45, 7) is 9.94. The average molecular weight is 283 g/mol. The third-order valence-corrected chi connectivity index (χ3v) is 4.68. The Bertz CT molecular complexity index is 338. The lowest BCUT2D eigenvalue weighted by Gasteiger charge is -2.23. The molecule has 0 fully saturated rings. The number of rotatable bonds is 10. The minimum Gasteiger partial charge on any atom is -0.309 e. The molecule has 0 radical (unpaired) electrons. The number of hydrogen-bond acceptors (Lipinski definition) is 4. The van der Waals surface area contributed by atoms with Crippen LogP contribution in [0.15, 0.2) is 0 Å². The molecule has 1 heterocycles. The minimum atomic E-state index is 0.446. The molecule has 19 heavy (non-hydrogen) atoms. The highest BCUT2D eigenvalue weighted by Crippen LogP contribution is 2.30. The smallest absolute Gasteiger partial charge is 0.0800 e. The Balaban J connectivity index is 2.70. The maximum absolute atomic E-state index is 4.26. The van der Waals surface area contributed by atoms with E-state index in [-0.39, 0.29) is 0 Å². The van der Waals surface area contributed by atoms with Crippen molar-refractivity contribution in [3.63, 3.8) is 0 Å². The monoisotopic (exact) mass is 283 g/mol. The summed E-state index contributed by atoms with van der Waals surface area (Å²) in [5.74, 6) is 0.816. The van der Waals surface area contributed by atoms with Crippen molar-refractivity contribution in [3.05, 3.63) is 10.6 Å². The molecule has 4 heteroatoms. The van der Waals surface area contributed by atoms with E-state index in [1.807, 2.05) is 0 Å². The first-order valence-electron chi connectivity index (χ1n) is 7.81. The third-order valence-electron chi connectivity index (χ3n) is 3.80. The van der Waals surface area contributed by atoms with Gasteiger partial charge in [0, 0.05) is 6.04 Å². The van der Waals surface area contributed by atoms with Gasteiger partial charge in [-0.15, -0.1) is 5.10 Å². The van der Waals surface area contributed by atoms with Gasteiger partial charge in [0.05, 0.1) is 10.6 Å². The largest absolute Gasteiger partial charge is 0.309 e. The van der Waals surface area contributed by atoms with E-state index in [1.165, 1.54) is 42.7 Å². The molecule has 0 spiro atoms. The van der Waals surface area contributed by atoms with E-state index >= 15 is 0 Å². The van der Waals surface area contributed by atoms with E-state index in [1.54, 1.807) is 11.5 Å². The van der Waals surface area contributed by atoms with Crippen molar-refractivity contribution in [2.45, 2.75) is 72.3 Å². The zero-order valence-electron chi connectivity index (χ0n) is 12.9. The molecule has 0 saturated carbocycles. The molecule has 2 atom stereocenters. The summed E-state index contributed by atoms with van der Waals surface area (Å²) in [6.07, 6.45) is 7.47. The minimum absolute atomic E-state index is 0.446. The summed E-state index contributed by atoms with van der Waals surface area (Å²) < 4.78 is 4.14. The third kappa shape index (κ3) is 5.19. The lowest BCUT2D eigenvalue weighted by atomic mass is 9.91. The molecule has 3 nitrogen and oxygen atoms in total. The number of aromatic nitrogens is 2. The molecule has 0 aliphatic carbocycles.